The Balaban J connectivity index is 1.12. The van der Waals surface area contributed by atoms with E-state index in [1.807, 2.05) is 0 Å². The Labute approximate surface area is 277 Å². The third-order valence-electron chi connectivity index (χ3n) is 11.8. The third-order valence-corrected chi connectivity index (χ3v) is 12.3. The van der Waals surface area contributed by atoms with Crippen molar-refractivity contribution in [3.63, 3.8) is 0 Å². The summed E-state index contributed by atoms with van der Waals surface area (Å²) in [4.78, 5) is 12.6. The Kier molecular flexibility index (Phi) is 14.0. The van der Waals surface area contributed by atoms with Crippen LogP contribution in [0.5, 0.6) is 0 Å². The van der Waals surface area contributed by atoms with Gasteiger partial charge >= 0.3 is 10.4 Å². The predicted octanol–water partition coefficient (Wildman–Crippen LogP) is 4.99. The Morgan fingerprint density at radius 2 is 1.67 bits per heavy atom. The van der Waals surface area contributed by atoms with Crippen LogP contribution >= 0.6 is 0 Å². The van der Waals surface area contributed by atoms with Gasteiger partial charge in [0.2, 0.25) is 5.91 Å². The molecule has 11 heteroatoms. The molecular formula is C35H57NO9S. The zero-order valence-corrected chi connectivity index (χ0v) is 29.0. The average molecular weight is 668 g/mol. The normalized spacial score (nSPS) is 32.8. The molecule has 3 fully saturated rings. The third kappa shape index (κ3) is 9.77. The lowest BCUT2D eigenvalue weighted by molar-refractivity contribution is -0.121. The summed E-state index contributed by atoms with van der Waals surface area (Å²) >= 11 is 0. The van der Waals surface area contributed by atoms with Gasteiger partial charge in [0.05, 0.1) is 52.4 Å². The Morgan fingerprint density at radius 1 is 1.00 bits per heavy atom. The molecule has 2 N–H and O–H groups in total. The van der Waals surface area contributed by atoms with E-state index in [0.717, 1.165) is 19.3 Å². The van der Waals surface area contributed by atoms with Gasteiger partial charge in [0, 0.05) is 13.0 Å². The predicted molar refractivity (Wildman–Crippen MR) is 175 cm³/mol. The topological polar surface area (TPSA) is 130 Å². The van der Waals surface area contributed by atoms with Crippen molar-refractivity contribution < 1.29 is 40.9 Å². The van der Waals surface area contributed by atoms with Crippen LogP contribution in [0.25, 0.3) is 0 Å². The number of hydrogen-bond donors (Lipinski definition) is 2. The molecule has 4 rings (SSSR count). The number of ether oxygens (including phenoxy) is 4. The first-order valence-electron chi connectivity index (χ1n) is 17.3. The summed E-state index contributed by atoms with van der Waals surface area (Å²) in [5.41, 5.74) is 1.70. The summed E-state index contributed by atoms with van der Waals surface area (Å²) in [5.74, 6) is 5.54. The lowest BCUT2D eigenvalue weighted by atomic mass is 9.47. The maximum absolute atomic E-state index is 12.6. The van der Waals surface area contributed by atoms with Crippen molar-refractivity contribution in [3.8, 4) is 12.3 Å². The van der Waals surface area contributed by atoms with Crippen LogP contribution in [0.4, 0.5) is 0 Å². The highest BCUT2D eigenvalue weighted by Gasteiger charge is 2.59. The summed E-state index contributed by atoms with van der Waals surface area (Å²) in [6, 6.07) is 0. The van der Waals surface area contributed by atoms with E-state index in [4.69, 9.17) is 29.6 Å². The number of nitrogens with one attached hydrogen (secondary N) is 1. The largest absolute Gasteiger partial charge is 0.397 e. The van der Waals surface area contributed by atoms with Gasteiger partial charge in [0.1, 0.15) is 6.61 Å². The highest BCUT2D eigenvalue weighted by molar-refractivity contribution is 7.80. The molecule has 0 aromatic heterocycles. The number of hydrogen-bond acceptors (Lipinski definition) is 8. The van der Waals surface area contributed by atoms with E-state index in [1.165, 1.54) is 31.3 Å². The Bertz CT molecular complexity index is 1170. The molecule has 4 aliphatic rings. The van der Waals surface area contributed by atoms with Crippen LogP contribution in [0.15, 0.2) is 11.6 Å². The minimum absolute atomic E-state index is 0.0790. The van der Waals surface area contributed by atoms with E-state index < -0.39 is 16.5 Å². The van der Waals surface area contributed by atoms with E-state index >= 15 is 0 Å². The molecule has 0 aromatic rings. The van der Waals surface area contributed by atoms with Crippen molar-refractivity contribution in [2.45, 2.75) is 91.1 Å². The number of carbonyl (C=O) groups excluding carboxylic acids is 1. The summed E-state index contributed by atoms with van der Waals surface area (Å²) < 4.78 is 58.4. The first-order valence-corrected chi connectivity index (χ1v) is 18.7. The molecule has 0 saturated heterocycles. The van der Waals surface area contributed by atoms with Crippen LogP contribution < -0.4 is 5.32 Å². The maximum atomic E-state index is 12.6. The Hall–Kier alpha value is -1.52. The van der Waals surface area contributed by atoms with Gasteiger partial charge < -0.3 is 24.3 Å². The van der Waals surface area contributed by atoms with Gasteiger partial charge in [-0.2, -0.15) is 8.42 Å². The first kappa shape index (κ1) is 37.3. The quantitative estimate of drug-likeness (QED) is 0.0848. The minimum atomic E-state index is -4.44. The summed E-state index contributed by atoms with van der Waals surface area (Å²) in [6.45, 7) is 11.4. The monoisotopic (exact) mass is 667 g/mol. The van der Waals surface area contributed by atoms with Gasteiger partial charge in [-0.05, 0) is 98.2 Å². The van der Waals surface area contributed by atoms with E-state index in [2.05, 4.69) is 38.1 Å². The smallest absolute Gasteiger partial charge is 0.377 e. The fourth-order valence-corrected chi connectivity index (χ4v) is 10.1. The van der Waals surface area contributed by atoms with Gasteiger partial charge in [-0.1, -0.05) is 38.3 Å². The van der Waals surface area contributed by atoms with Gasteiger partial charge in [0.25, 0.3) is 0 Å². The standard InChI is InChI=1S/C35H57NO9S/c1-5-17-41-19-21-43-23-24-44-22-20-42-18-16-36-33(37)11-6-26(2)30-9-10-31-29-8-7-27-25-28(45-46(38,39)40)12-14-34(27,3)32(29)13-15-35(30,31)4/h1,7,26,28-32H,6,8-25H2,2-4H3,(H,36,37)(H,38,39,40)/t26-,28+,29+,30-,31+,32+,34+,35-/m1/s1. The molecule has 1 amide bonds. The van der Waals surface area contributed by atoms with Crippen LogP contribution in [0.2, 0.25) is 0 Å². The minimum Gasteiger partial charge on any atom is -0.377 e. The van der Waals surface area contributed by atoms with Crippen LogP contribution in [-0.2, 0) is 38.3 Å². The van der Waals surface area contributed by atoms with Crippen molar-refractivity contribution in [3.05, 3.63) is 11.6 Å². The zero-order chi connectivity index (χ0) is 33.2. The molecule has 8 atom stereocenters. The number of amides is 1. The first-order chi connectivity index (χ1) is 22.0. The highest BCUT2D eigenvalue weighted by Crippen LogP contribution is 2.67. The number of rotatable bonds is 19. The number of carbonyl (C=O) groups is 1. The van der Waals surface area contributed by atoms with Crippen LogP contribution in [0.3, 0.4) is 0 Å². The average Bonchev–Trinajstić information content (AvgIpc) is 3.37. The zero-order valence-electron chi connectivity index (χ0n) is 28.2. The molecule has 0 radical (unpaired) electrons. The molecule has 262 valence electrons. The van der Waals surface area contributed by atoms with Gasteiger partial charge in [-0.15, -0.1) is 6.42 Å². The molecular weight excluding hydrogens is 610 g/mol. The molecule has 0 bridgehead atoms. The van der Waals surface area contributed by atoms with E-state index in [9.17, 15) is 17.8 Å². The van der Waals surface area contributed by atoms with E-state index in [-0.39, 0.29) is 11.3 Å². The maximum Gasteiger partial charge on any atom is 0.397 e. The van der Waals surface area contributed by atoms with Gasteiger partial charge in [0.15, 0.2) is 0 Å². The summed E-state index contributed by atoms with van der Waals surface area (Å²) in [5, 5.41) is 3.01. The second-order valence-corrected chi connectivity index (χ2v) is 15.4. The van der Waals surface area contributed by atoms with Crippen molar-refractivity contribution in [1.29, 1.82) is 0 Å². The lowest BCUT2D eigenvalue weighted by Gasteiger charge is -2.58. The second-order valence-electron chi connectivity index (χ2n) is 14.3. The van der Waals surface area contributed by atoms with Crippen molar-refractivity contribution >= 4 is 16.3 Å². The van der Waals surface area contributed by atoms with Gasteiger partial charge in [-0.25, -0.2) is 4.18 Å². The SMILES string of the molecule is C#CCOCCOCCOCCOCCNC(=O)CC[C@@H](C)[C@H]1CC[C@H]2[C@@H]3CC=C4C[C@@H](OS(=O)(=O)O)CC[C@]4(C)[C@H]3CC[C@]12C. The van der Waals surface area contributed by atoms with E-state index in [1.54, 1.807) is 0 Å². The van der Waals surface area contributed by atoms with Crippen LogP contribution in [-0.4, -0.2) is 84.4 Å². The van der Waals surface area contributed by atoms with Gasteiger partial charge in [-0.3, -0.25) is 9.35 Å². The number of allylic oxidation sites excluding steroid dienone is 1. The fourth-order valence-electron chi connectivity index (χ4n) is 9.56. The van der Waals surface area contributed by atoms with Crippen LogP contribution in [0, 0.1) is 52.8 Å². The van der Waals surface area contributed by atoms with Crippen molar-refractivity contribution in [2.75, 3.05) is 59.4 Å². The van der Waals surface area contributed by atoms with E-state index in [0.29, 0.717) is 114 Å². The number of fused-ring (bicyclic) bond motifs is 5. The highest BCUT2D eigenvalue weighted by atomic mass is 32.3. The molecule has 3 saturated carbocycles. The fraction of sp³-hybridized carbons (Fsp3) is 0.857. The van der Waals surface area contributed by atoms with Crippen LogP contribution in [0.1, 0.15) is 85.0 Å². The van der Waals surface area contributed by atoms with Crippen molar-refractivity contribution in [1.82, 2.24) is 5.32 Å². The molecule has 10 nitrogen and oxygen atoms in total. The van der Waals surface area contributed by atoms with Crippen molar-refractivity contribution in [2.24, 2.45) is 40.4 Å². The number of terminal acetylenes is 1. The second kappa shape index (κ2) is 17.2. The molecule has 46 heavy (non-hydrogen) atoms. The molecule has 0 aliphatic heterocycles. The molecule has 0 heterocycles. The summed E-state index contributed by atoms with van der Waals surface area (Å²) in [6.07, 6.45) is 16.5. The Morgan fingerprint density at radius 3 is 2.35 bits per heavy atom. The lowest BCUT2D eigenvalue weighted by Crippen LogP contribution is -2.51. The molecule has 0 aromatic carbocycles. The molecule has 0 unspecified atom stereocenters. The molecule has 0 spiro atoms. The molecule has 4 aliphatic carbocycles. The summed E-state index contributed by atoms with van der Waals surface area (Å²) in [7, 11) is -4.44.